The van der Waals surface area contributed by atoms with Gasteiger partial charge in [-0.1, -0.05) is 12.1 Å². The van der Waals surface area contributed by atoms with Gasteiger partial charge < -0.3 is 10.5 Å². The van der Waals surface area contributed by atoms with Gasteiger partial charge in [0.1, 0.15) is 23.2 Å². The lowest BCUT2D eigenvalue weighted by molar-refractivity contribution is -0.384. The fourth-order valence-electron chi connectivity index (χ4n) is 1.64. The zero-order valence-corrected chi connectivity index (χ0v) is 10.2. The zero-order chi connectivity index (χ0) is 14.7. The van der Waals surface area contributed by atoms with Crippen LogP contribution >= 0.6 is 0 Å². The SMILES string of the molecule is N=C(N)c1c(F)cccc1Oc1cccc([N+](=O)[O-])c1. The molecule has 2 rings (SSSR count). The quantitative estimate of drug-likeness (QED) is 0.387. The van der Waals surface area contributed by atoms with Gasteiger partial charge in [0.25, 0.3) is 5.69 Å². The summed E-state index contributed by atoms with van der Waals surface area (Å²) in [7, 11) is 0. The number of nitro benzene ring substituents is 1. The number of nitrogens with one attached hydrogen (secondary N) is 1. The molecule has 0 amide bonds. The number of hydrogen-bond donors (Lipinski definition) is 2. The first-order valence-electron chi connectivity index (χ1n) is 5.54. The number of hydrogen-bond acceptors (Lipinski definition) is 4. The Labute approximate surface area is 113 Å². The molecule has 0 aromatic heterocycles. The Bertz CT molecular complexity index is 688. The molecule has 0 bridgehead atoms. The third-order valence-electron chi connectivity index (χ3n) is 2.50. The molecule has 0 aliphatic rings. The number of nitrogens with two attached hydrogens (primary N) is 1. The Kier molecular flexibility index (Phi) is 3.60. The third kappa shape index (κ3) is 2.72. The van der Waals surface area contributed by atoms with Gasteiger partial charge in [0.2, 0.25) is 0 Å². The highest BCUT2D eigenvalue weighted by atomic mass is 19.1. The molecule has 3 N–H and O–H groups in total. The van der Waals surface area contributed by atoms with Crippen LogP contribution in [0.3, 0.4) is 0 Å². The highest BCUT2D eigenvalue weighted by Gasteiger charge is 2.14. The maximum atomic E-state index is 13.6. The van der Waals surface area contributed by atoms with Crippen LogP contribution in [-0.2, 0) is 0 Å². The number of nitro groups is 1. The summed E-state index contributed by atoms with van der Waals surface area (Å²) in [6.07, 6.45) is 0. The average molecular weight is 275 g/mol. The van der Waals surface area contributed by atoms with E-state index in [-0.39, 0.29) is 22.7 Å². The first kappa shape index (κ1) is 13.5. The number of nitrogens with zero attached hydrogens (tertiary/aromatic N) is 1. The monoisotopic (exact) mass is 275 g/mol. The second-order valence-electron chi connectivity index (χ2n) is 3.88. The minimum Gasteiger partial charge on any atom is -0.456 e. The number of halogens is 1. The van der Waals surface area contributed by atoms with Crippen LogP contribution < -0.4 is 10.5 Å². The van der Waals surface area contributed by atoms with E-state index in [1.54, 1.807) is 0 Å². The molecular weight excluding hydrogens is 265 g/mol. The van der Waals surface area contributed by atoms with Gasteiger partial charge >= 0.3 is 0 Å². The van der Waals surface area contributed by atoms with Crippen LogP contribution in [-0.4, -0.2) is 10.8 Å². The molecule has 0 unspecified atom stereocenters. The largest absolute Gasteiger partial charge is 0.456 e. The minimum atomic E-state index is -0.694. The smallest absolute Gasteiger partial charge is 0.273 e. The van der Waals surface area contributed by atoms with Gasteiger partial charge in [-0.2, -0.15) is 0 Å². The highest BCUT2D eigenvalue weighted by Crippen LogP contribution is 2.28. The molecule has 0 heterocycles. The Morgan fingerprint density at radius 2 is 2.00 bits per heavy atom. The van der Waals surface area contributed by atoms with Gasteiger partial charge in [0.05, 0.1) is 16.6 Å². The number of nitrogen functional groups attached to an aromatic ring is 1. The van der Waals surface area contributed by atoms with Crippen molar-refractivity contribution >= 4 is 11.5 Å². The summed E-state index contributed by atoms with van der Waals surface area (Å²) in [5, 5.41) is 18.0. The summed E-state index contributed by atoms with van der Waals surface area (Å²) in [6.45, 7) is 0. The second kappa shape index (κ2) is 5.35. The number of benzene rings is 2. The molecule has 0 spiro atoms. The fraction of sp³-hybridized carbons (Fsp3) is 0. The average Bonchev–Trinajstić information content (AvgIpc) is 2.38. The summed E-state index contributed by atoms with van der Waals surface area (Å²) in [5.74, 6) is -0.991. The summed E-state index contributed by atoms with van der Waals surface area (Å²) in [4.78, 5) is 10.1. The van der Waals surface area contributed by atoms with Gasteiger partial charge in [-0.25, -0.2) is 4.39 Å². The maximum Gasteiger partial charge on any atom is 0.273 e. The van der Waals surface area contributed by atoms with Crippen LogP contribution in [0.1, 0.15) is 5.56 Å². The fourth-order valence-corrected chi connectivity index (χ4v) is 1.64. The van der Waals surface area contributed by atoms with E-state index in [4.69, 9.17) is 15.9 Å². The van der Waals surface area contributed by atoms with E-state index >= 15 is 0 Å². The predicted octanol–water partition coefficient (Wildman–Crippen LogP) is 2.81. The van der Waals surface area contributed by atoms with E-state index in [1.165, 1.54) is 36.4 Å². The number of ether oxygens (including phenoxy) is 1. The molecule has 20 heavy (non-hydrogen) atoms. The van der Waals surface area contributed by atoms with Gasteiger partial charge in [-0.15, -0.1) is 0 Å². The Hall–Kier alpha value is -2.96. The van der Waals surface area contributed by atoms with E-state index < -0.39 is 16.6 Å². The van der Waals surface area contributed by atoms with Crippen molar-refractivity contribution in [3.05, 3.63) is 64.0 Å². The third-order valence-corrected chi connectivity index (χ3v) is 2.50. The van der Waals surface area contributed by atoms with Crippen LogP contribution in [0, 0.1) is 21.3 Å². The molecule has 0 aliphatic carbocycles. The molecule has 0 aliphatic heterocycles. The van der Waals surface area contributed by atoms with Crippen LogP contribution in [0.4, 0.5) is 10.1 Å². The summed E-state index contributed by atoms with van der Waals surface area (Å²) in [5.41, 5.74) is 4.97. The van der Waals surface area contributed by atoms with Crippen molar-refractivity contribution in [2.75, 3.05) is 0 Å². The van der Waals surface area contributed by atoms with Crippen LogP contribution in [0.2, 0.25) is 0 Å². The first-order valence-corrected chi connectivity index (χ1v) is 5.54. The normalized spacial score (nSPS) is 10.1. The summed E-state index contributed by atoms with van der Waals surface area (Å²) >= 11 is 0. The van der Waals surface area contributed by atoms with Crippen molar-refractivity contribution in [3.63, 3.8) is 0 Å². The number of amidine groups is 1. The minimum absolute atomic E-state index is 0.0259. The van der Waals surface area contributed by atoms with Gasteiger partial charge in [-0.3, -0.25) is 15.5 Å². The molecule has 0 saturated carbocycles. The highest BCUT2D eigenvalue weighted by molar-refractivity contribution is 5.98. The Morgan fingerprint density at radius 3 is 2.65 bits per heavy atom. The molecular formula is C13H10FN3O3. The maximum absolute atomic E-state index is 13.6. The molecule has 2 aromatic rings. The first-order chi connectivity index (χ1) is 9.49. The van der Waals surface area contributed by atoms with Crippen molar-refractivity contribution in [3.8, 4) is 11.5 Å². The molecule has 6 nitrogen and oxygen atoms in total. The lowest BCUT2D eigenvalue weighted by Gasteiger charge is -2.10. The van der Waals surface area contributed by atoms with Gasteiger partial charge in [0, 0.05) is 6.07 Å². The van der Waals surface area contributed by atoms with Gasteiger partial charge in [-0.05, 0) is 18.2 Å². The Morgan fingerprint density at radius 1 is 1.30 bits per heavy atom. The topological polar surface area (TPSA) is 102 Å². The van der Waals surface area contributed by atoms with E-state index in [0.717, 1.165) is 6.07 Å². The van der Waals surface area contributed by atoms with E-state index in [2.05, 4.69) is 0 Å². The summed E-state index contributed by atoms with van der Waals surface area (Å²) in [6, 6.07) is 9.42. The predicted molar refractivity (Wildman–Crippen MR) is 70.6 cm³/mol. The van der Waals surface area contributed by atoms with E-state index in [1.807, 2.05) is 0 Å². The molecule has 2 aromatic carbocycles. The van der Waals surface area contributed by atoms with Crippen molar-refractivity contribution in [1.82, 2.24) is 0 Å². The molecule has 7 heteroatoms. The zero-order valence-electron chi connectivity index (χ0n) is 10.2. The number of rotatable bonds is 4. The van der Waals surface area contributed by atoms with Crippen molar-refractivity contribution < 1.29 is 14.1 Å². The lowest BCUT2D eigenvalue weighted by atomic mass is 10.1. The van der Waals surface area contributed by atoms with Crippen molar-refractivity contribution in [2.45, 2.75) is 0 Å². The van der Waals surface area contributed by atoms with Crippen LogP contribution in [0.15, 0.2) is 42.5 Å². The van der Waals surface area contributed by atoms with Crippen LogP contribution in [0.25, 0.3) is 0 Å². The Balaban J connectivity index is 2.40. The number of non-ortho nitro benzene ring substituents is 1. The van der Waals surface area contributed by atoms with Crippen molar-refractivity contribution in [1.29, 1.82) is 5.41 Å². The standard InChI is InChI=1S/C13H10FN3O3/c14-10-5-2-6-11(12(10)13(15)16)20-9-4-1-3-8(7-9)17(18)19/h1-7H,(H3,15,16). The summed E-state index contributed by atoms with van der Waals surface area (Å²) < 4.78 is 19.0. The molecule has 0 atom stereocenters. The van der Waals surface area contributed by atoms with E-state index in [9.17, 15) is 14.5 Å². The lowest BCUT2D eigenvalue weighted by Crippen LogP contribution is -2.14. The van der Waals surface area contributed by atoms with Crippen LogP contribution in [0.5, 0.6) is 11.5 Å². The molecule has 102 valence electrons. The molecule has 0 fully saturated rings. The second-order valence-corrected chi connectivity index (χ2v) is 3.88. The molecule has 0 saturated heterocycles. The molecule has 0 radical (unpaired) electrons. The van der Waals surface area contributed by atoms with Gasteiger partial charge in [0.15, 0.2) is 0 Å². The van der Waals surface area contributed by atoms with E-state index in [0.29, 0.717) is 0 Å². The van der Waals surface area contributed by atoms with Crippen molar-refractivity contribution in [2.24, 2.45) is 5.73 Å².